The van der Waals surface area contributed by atoms with Gasteiger partial charge < -0.3 is 9.64 Å². The number of para-hydroxylation sites is 1. The van der Waals surface area contributed by atoms with Gasteiger partial charge >= 0.3 is 0 Å². The Bertz CT molecular complexity index is 1130. The summed E-state index contributed by atoms with van der Waals surface area (Å²) in [5.74, 6) is -0.502. The third-order valence-electron chi connectivity index (χ3n) is 4.59. The molecular formula is C20H17ClFN3O3S. The highest BCUT2D eigenvalue weighted by atomic mass is 35.5. The molecule has 4 rings (SSSR count). The van der Waals surface area contributed by atoms with Crippen LogP contribution in [0.5, 0.6) is 0 Å². The first-order valence-electron chi connectivity index (χ1n) is 9.00. The van der Waals surface area contributed by atoms with Gasteiger partial charge in [-0.3, -0.25) is 14.2 Å². The molecule has 6 nitrogen and oxygen atoms in total. The molecule has 0 aliphatic carbocycles. The number of halogens is 2. The molecule has 0 saturated carbocycles. The fraction of sp³-hybridized carbons (Fsp3) is 0.250. The fourth-order valence-corrected chi connectivity index (χ4v) is 4.18. The van der Waals surface area contributed by atoms with Crippen LogP contribution in [0.4, 0.5) is 4.39 Å². The SMILES string of the molecule is O=C(CSc1nc2ccccc2c(=O)n1-c1ccc(F)c(Cl)c1)N1CCOCC1. The molecule has 3 aromatic rings. The number of amides is 1. The van der Waals surface area contributed by atoms with Crippen molar-refractivity contribution in [2.75, 3.05) is 32.1 Å². The van der Waals surface area contributed by atoms with Gasteiger partial charge in [0.2, 0.25) is 5.91 Å². The number of ether oxygens (including phenoxy) is 1. The van der Waals surface area contributed by atoms with E-state index in [1.807, 2.05) is 0 Å². The van der Waals surface area contributed by atoms with E-state index in [9.17, 15) is 14.0 Å². The van der Waals surface area contributed by atoms with Gasteiger partial charge in [0.25, 0.3) is 5.56 Å². The van der Waals surface area contributed by atoms with Gasteiger partial charge in [0.1, 0.15) is 5.82 Å². The zero-order valence-corrected chi connectivity index (χ0v) is 16.9. The lowest BCUT2D eigenvalue weighted by atomic mass is 10.2. The van der Waals surface area contributed by atoms with E-state index >= 15 is 0 Å². The summed E-state index contributed by atoms with van der Waals surface area (Å²) in [7, 11) is 0. The van der Waals surface area contributed by atoms with Crippen molar-refractivity contribution in [3.05, 3.63) is 63.7 Å². The standard InChI is InChI=1S/C20H17ClFN3O3S/c21-15-11-13(5-6-16(15)22)25-19(27)14-3-1-2-4-17(14)23-20(25)29-12-18(26)24-7-9-28-10-8-24/h1-6,11H,7-10,12H2. The number of aromatic nitrogens is 2. The Hall–Kier alpha value is -2.42. The van der Waals surface area contributed by atoms with Crippen molar-refractivity contribution in [3.8, 4) is 5.69 Å². The summed E-state index contributed by atoms with van der Waals surface area (Å²) in [4.78, 5) is 32.0. The van der Waals surface area contributed by atoms with E-state index < -0.39 is 5.82 Å². The first-order valence-corrected chi connectivity index (χ1v) is 10.4. The smallest absolute Gasteiger partial charge is 0.266 e. The van der Waals surface area contributed by atoms with Crippen molar-refractivity contribution in [1.29, 1.82) is 0 Å². The summed E-state index contributed by atoms with van der Waals surface area (Å²) in [5.41, 5.74) is 0.615. The molecule has 1 fully saturated rings. The predicted octanol–water partition coefficient (Wildman–Crippen LogP) is 3.13. The Labute approximate surface area is 175 Å². The number of fused-ring (bicyclic) bond motifs is 1. The van der Waals surface area contributed by atoms with Crippen molar-refractivity contribution >= 4 is 40.2 Å². The highest BCUT2D eigenvalue weighted by Crippen LogP contribution is 2.24. The lowest BCUT2D eigenvalue weighted by Crippen LogP contribution is -2.41. The fourth-order valence-electron chi connectivity index (χ4n) is 3.09. The summed E-state index contributed by atoms with van der Waals surface area (Å²) >= 11 is 7.09. The van der Waals surface area contributed by atoms with E-state index in [0.29, 0.717) is 48.1 Å². The molecule has 9 heteroatoms. The van der Waals surface area contributed by atoms with Crippen LogP contribution in [0.2, 0.25) is 5.02 Å². The second-order valence-corrected chi connectivity index (χ2v) is 7.78. The van der Waals surface area contributed by atoms with Gasteiger partial charge in [-0.05, 0) is 30.3 Å². The second-order valence-electron chi connectivity index (χ2n) is 6.43. The number of hydrogen-bond acceptors (Lipinski definition) is 5. The van der Waals surface area contributed by atoms with Gasteiger partial charge in [-0.15, -0.1) is 0 Å². The van der Waals surface area contributed by atoms with E-state index in [1.54, 1.807) is 29.2 Å². The molecule has 0 N–H and O–H groups in total. The van der Waals surface area contributed by atoms with Crippen molar-refractivity contribution in [2.24, 2.45) is 0 Å². The van der Waals surface area contributed by atoms with Crippen LogP contribution in [-0.4, -0.2) is 52.4 Å². The molecule has 0 spiro atoms. The zero-order valence-electron chi connectivity index (χ0n) is 15.3. The molecular weight excluding hydrogens is 417 g/mol. The molecule has 2 aromatic carbocycles. The van der Waals surface area contributed by atoms with Crippen LogP contribution in [0, 0.1) is 5.82 Å². The number of benzene rings is 2. The summed E-state index contributed by atoms with van der Waals surface area (Å²) in [5, 5.41) is 0.678. The normalized spacial score (nSPS) is 14.3. The summed E-state index contributed by atoms with van der Waals surface area (Å²) in [6.45, 7) is 2.13. The average molecular weight is 434 g/mol. The van der Waals surface area contributed by atoms with Crippen LogP contribution < -0.4 is 5.56 Å². The number of nitrogens with zero attached hydrogens (tertiary/aromatic N) is 3. The van der Waals surface area contributed by atoms with E-state index in [-0.39, 0.29) is 22.2 Å². The zero-order chi connectivity index (χ0) is 20.4. The van der Waals surface area contributed by atoms with Crippen LogP contribution in [0.15, 0.2) is 52.4 Å². The van der Waals surface area contributed by atoms with Gasteiger partial charge in [-0.1, -0.05) is 35.5 Å². The maximum atomic E-state index is 13.6. The topological polar surface area (TPSA) is 64.4 Å². The lowest BCUT2D eigenvalue weighted by molar-refractivity contribution is -0.132. The predicted molar refractivity (Wildman–Crippen MR) is 110 cm³/mol. The number of carbonyl (C=O) groups excluding carboxylic acids is 1. The Morgan fingerprint density at radius 1 is 1.21 bits per heavy atom. The molecule has 1 aliphatic heterocycles. The van der Waals surface area contributed by atoms with Crippen molar-refractivity contribution in [2.45, 2.75) is 5.16 Å². The molecule has 1 aliphatic rings. The van der Waals surface area contributed by atoms with Crippen LogP contribution in [0.1, 0.15) is 0 Å². The maximum absolute atomic E-state index is 13.6. The molecule has 29 heavy (non-hydrogen) atoms. The van der Waals surface area contributed by atoms with E-state index in [2.05, 4.69) is 4.98 Å². The van der Waals surface area contributed by atoms with Gasteiger partial charge in [-0.25, -0.2) is 9.37 Å². The second kappa shape index (κ2) is 8.52. The Morgan fingerprint density at radius 2 is 1.97 bits per heavy atom. The molecule has 150 valence electrons. The molecule has 1 saturated heterocycles. The van der Waals surface area contributed by atoms with Crippen LogP contribution in [-0.2, 0) is 9.53 Å². The van der Waals surface area contributed by atoms with E-state index in [0.717, 1.165) is 0 Å². The first-order chi connectivity index (χ1) is 14.0. The molecule has 1 aromatic heterocycles. The quantitative estimate of drug-likeness (QED) is 0.467. The Balaban J connectivity index is 1.74. The maximum Gasteiger partial charge on any atom is 0.266 e. The van der Waals surface area contributed by atoms with Crippen LogP contribution in [0.3, 0.4) is 0 Å². The van der Waals surface area contributed by atoms with E-state index in [4.69, 9.17) is 16.3 Å². The summed E-state index contributed by atoms with van der Waals surface area (Å²) < 4.78 is 20.3. The Kier molecular flexibility index (Phi) is 5.84. The minimum Gasteiger partial charge on any atom is -0.378 e. The number of hydrogen-bond donors (Lipinski definition) is 0. The lowest BCUT2D eigenvalue weighted by Gasteiger charge is -2.26. The van der Waals surface area contributed by atoms with E-state index in [1.165, 1.54) is 34.5 Å². The molecule has 2 heterocycles. The number of morpholine rings is 1. The van der Waals surface area contributed by atoms with Crippen molar-refractivity contribution < 1.29 is 13.9 Å². The van der Waals surface area contributed by atoms with Crippen LogP contribution in [0.25, 0.3) is 16.6 Å². The molecule has 0 unspecified atom stereocenters. The highest BCUT2D eigenvalue weighted by molar-refractivity contribution is 7.99. The largest absolute Gasteiger partial charge is 0.378 e. The number of thioether (sulfide) groups is 1. The molecule has 0 atom stereocenters. The first kappa shape index (κ1) is 19.9. The van der Waals surface area contributed by atoms with Crippen molar-refractivity contribution in [3.63, 3.8) is 0 Å². The number of carbonyl (C=O) groups is 1. The monoisotopic (exact) mass is 433 g/mol. The Morgan fingerprint density at radius 3 is 2.72 bits per heavy atom. The minimum atomic E-state index is -0.575. The van der Waals surface area contributed by atoms with Gasteiger partial charge in [0.15, 0.2) is 5.16 Å². The molecule has 0 bridgehead atoms. The van der Waals surface area contributed by atoms with Crippen molar-refractivity contribution in [1.82, 2.24) is 14.5 Å². The molecule has 1 amide bonds. The van der Waals surface area contributed by atoms with Gasteiger partial charge in [-0.2, -0.15) is 0 Å². The van der Waals surface area contributed by atoms with Gasteiger partial charge in [0.05, 0.1) is 40.6 Å². The summed E-state index contributed by atoms with van der Waals surface area (Å²) in [6.07, 6.45) is 0. The third-order valence-corrected chi connectivity index (χ3v) is 5.81. The summed E-state index contributed by atoms with van der Waals surface area (Å²) in [6, 6.07) is 11.0. The third kappa shape index (κ3) is 4.14. The highest BCUT2D eigenvalue weighted by Gasteiger charge is 2.20. The van der Waals surface area contributed by atoms with Crippen LogP contribution >= 0.6 is 23.4 Å². The average Bonchev–Trinajstić information content (AvgIpc) is 2.75. The molecule has 0 radical (unpaired) electrons. The minimum absolute atomic E-state index is 0.0515. The van der Waals surface area contributed by atoms with Gasteiger partial charge in [0, 0.05) is 13.1 Å². The number of rotatable bonds is 4.